The molecule has 0 aliphatic carbocycles. The second-order valence-electron chi connectivity index (χ2n) is 5.99. The fraction of sp³-hybridized carbons (Fsp3) is 0.0500. The standard InChI is InChI=1S/C20H9F4NO3/c21-15-16(26)14-8-13(19(27)20(22,23)24)11-5-1-2-6-12(11)18(14)28-17(15)10-4-3-7-25-9-10/h1-9H. The lowest BCUT2D eigenvalue weighted by Gasteiger charge is -2.12. The van der Waals surface area contributed by atoms with E-state index in [1.165, 1.54) is 48.8 Å². The van der Waals surface area contributed by atoms with Crippen molar-refractivity contribution in [2.75, 3.05) is 0 Å². The maximum atomic E-state index is 14.6. The van der Waals surface area contributed by atoms with Crippen LogP contribution in [0.15, 0.2) is 64.1 Å². The van der Waals surface area contributed by atoms with Crippen LogP contribution in [0.5, 0.6) is 0 Å². The smallest absolute Gasteiger partial charge is 0.452 e. The minimum absolute atomic E-state index is 0.0516. The summed E-state index contributed by atoms with van der Waals surface area (Å²) in [6.45, 7) is 0. The van der Waals surface area contributed by atoms with Crippen LogP contribution < -0.4 is 5.43 Å². The van der Waals surface area contributed by atoms with Gasteiger partial charge in [-0.15, -0.1) is 0 Å². The normalized spacial score (nSPS) is 11.9. The maximum absolute atomic E-state index is 14.6. The molecule has 4 nitrogen and oxygen atoms in total. The number of alkyl halides is 3. The van der Waals surface area contributed by atoms with Crippen molar-refractivity contribution < 1.29 is 26.8 Å². The van der Waals surface area contributed by atoms with Gasteiger partial charge < -0.3 is 4.42 Å². The molecule has 0 fully saturated rings. The van der Waals surface area contributed by atoms with Crippen molar-refractivity contribution in [3.8, 4) is 11.3 Å². The topological polar surface area (TPSA) is 60.2 Å². The number of fused-ring (bicyclic) bond motifs is 3. The molecule has 0 saturated heterocycles. The Balaban J connectivity index is 2.15. The molecule has 0 aliphatic heterocycles. The van der Waals surface area contributed by atoms with Gasteiger partial charge in [-0.25, -0.2) is 0 Å². The van der Waals surface area contributed by atoms with Gasteiger partial charge in [0.1, 0.15) is 5.58 Å². The van der Waals surface area contributed by atoms with Crippen molar-refractivity contribution in [3.63, 3.8) is 0 Å². The summed E-state index contributed by atoms with van der Waals surface area (Å²) in [5, 5.41) is -0.407. The predicted octanol–water partition coefficient (Wildman–Crippen LogP) is 4.89. The molecule has 28 heavy (non-hydrogen) atoms. The molecular formula is C20H9F4NO3. The summed E-state index contributed by atoms with van der Waals surface area (Å²) in [6.07, 6.45) is -2.41. The second-order valence-corrected chi connectivity index (χ2v) is 5.99. The third-order valence-corrected chi connectivity index (χ3v) is 4.27. The van der Waals surface area contributed by atoms with Gasteiger partial charge in [0.15, 0.2) is 5.76 Å². The molecule has 0 radical (unpaired) electrons. The molecule has 4 rings (SSSR count). The zero-order valence-corrected chi connectivity index (χ0v) is 13.9. The lowest BCUT2D eigenvalue weighted by molar-refractivity contribution is -0.0884. The highest BCUT2D eigenvalue weighted by molar-refractivity contribution is 6.17. The fourth-order valence-electron chi connectivity index (χ4n) is 3.02. The molecule has 0 aliphatic rings. The Morgan fingerprint density at radius 1 is 1.00 bits per heavy atom. The first-order chi connectivity index (χ1) is 13.3. The molecule has 0 atom stereocenters. The summed E-state index contributed by atoms with van der Waals surface area (Å²) >= 11 is 0. The quantitative estimate of drug-likeness (QED) is 0.279. The Kier molecular flexibility index (Phi) is 3.99. The summed E-state index contributed by atoms with van der Waals surface area (Å²) in [7, 11) is 0. The van der Waals surface area contributed by atoms with Crippen molar-refractivity contribution in [1.82, 2.24) is 4.98 Å². The molecule has 8 heteroatoms. The van der Waals surface area contributed by atoms with Crippen molar-refractivity contribution in [2.45, 2.75) is 6.18 Å². The van der Waals surface area contributed by atoms with Gasteiger partial charge in [-0.2, -0.15) is 17.6 Å². The van der Waals surface area contributed by atoms with E-state index in [9.17, 15) is 27.2 Å². The van der Waals surface area contributed by atoms with E-state index >= 15 is 0 Å². The minimum atomic E-state index is -5.15. The number of pyridine rings is 1. The third-order valence-electron chi connectivity index (χ3n) is 4.27. The van der Waals surface area contributed by atoms with E-state index in [4.69, 9.17) is 4.42 Å². The summed E-state index contributed by atoms with van der Waals surface area (Å²) in [5.41, 5.74) is -1.82. The number of halogens is 4. The highest BCUT2D eigenvalue weighted by atomic mass is 19.4. The van der Waals surface area contributed by atoms with Gasteiger partial charge in [-0.05, 0) is 23.6 Å². The van der Waals surface area contributed by atoms with Gasteiger partial charge in [0.05, 0.1) is 5.39 Å². The largest absolute Gasteiger partial charge is 0.454 e. The second kappa shape index (κ2) is 6.26. The highest BCUT2D eigenvalue weighted by Gasteiger charge is 2.40. The van der Waals surface area contributed by atoms with E-state index in [1.807, 2.05) is 0 Å². The Morgan fingerprint density at radius 2 is 1.71 bits per heavy atom. The minimum Gasteiger partial charge on any atom is -0.452 e. The molecule has 0 N–H and O–H groups in total. The van der Waals surface area contributed by atoms with Gasteiger partial charge in [0.25, 0.3) is 5.78 Å². The first-order valence-corrected chi connectivity index (χ1v) is 7.99. The van der Waals surface area contributed by atoms with Gasteiger partial charge in [0, 0.05) is 28.9 Å². The van der Waals surface area contributed by atoms with Gasteiger partial charge in [0.2, 0.25) is 11.2 Å². The molecule has 2 aromatic carbocycles. The van der Waals surface area contributed by atoms with Crippen LogP contribution >= 0.6 is 0 Å². The number of rotatable bonds is 2. The lowest BCUT2D eigenvalue weighted by atomic mass is 9.97. The number of carbonyl (C=O) groups excluding carboxylic acids is 1. The first kappa shape index (κ1) is 17.8. The van der Waals surface area contributed by atoms with Crippen LogP contribution in [-0.2, 0) is 0 Å². The van der Waals surface area contributed by atoms with Gasteiger partial charge >= 0.3 is 6.18 Å². The molecule has 0 unspecified atom stereocenters. The SMILES string of the molecule is O=C(c1cc2c(=O)c(F)c(-c3cccnc3)oc2c2ccccc12)C(F)(F)F. The van der Waals surface area contributed by atoms with Crippen LogP contribution in [0.1, 0.15) is 10.4 Å². The highest BCUT2D eigenvalue weighted by Crippen LogP contribution is 2.34. The summed E-state index contributed by atoms with van der Waals surface area (Å²) < 4.78 is 59.2. The molecule has 0 saturated carbocycles. The Hall–Kier alpha value is -3.55. The summed E-state index contributed by atoms with van der Waals surface area (Å²) in [4.78, 5) is 28.2. The van der Waals surface area contributed by atoms with Crippen LogP contribution in [0.25, 0.3) is 33.1 Å². The van der Waals surface area contributed by atoms with Gasteiger partial charge in [-0.3, -0.25) is 14.6 Å². The van der Waals surface area contributed by atoms with Crippen molar-refractivity contribution in [1.29, 1.82) is 0 Å². The van der Waals surface area contributed by atoms with Crippen LogP contribution in [0.2, 0.25) is 0 Å². The van der Waals surface area contributed by atoms with Gasteiger partial charge in [-0.1, -0.05) is 24.3 Å². The van der Waals surface area contributed by atoms with E-state index in [0.717, 1.165) is 6.07 Å². The zero-order chi connectivity index (χ0) is 20.1. The number of hydrogen-bond acceptors (Lipinski definition) is 4. The molecule has 140 valence electrons. The Bertz CT molecular complexity index is 1290. The molecule has 4 aromatic rings. The lowest BCUT2D eigenvalue weighted by Crippen LogP contribution is -2.23. The number of carbonyl (C=O) groups is 1. The van der Waals surface area contributed by atoms with E-state index in [0.29, 0.717) is 0 Å². The third kappa shape index (κ3) is 2.74. The van der Waals surface area contributed by atoms with Crippen molar-refractivity contribution in [2.24, 2.45) is 0 Å². The molecule has 2 aromatic heterocycles. The molecular weight excluding hydrogens is 378 g/mol. The van der Waals surface area contributed by atoms with Crippen molar-refractivity contribution in [3.05, 3.63) is 76.5 Å². The average molecular weight is 387 g/mol. The van der Waals surface area contributed by atoms with Crippen molar-refractivity contribution >= 4 is 27.5 Å². The first-order valence-electron chi connectivity index (χ1n) is 7.99. The maximum Gasteiger partial charge on any atom is 0.454 e. The Morgan fingerprint density at radius 3 is 2.36 bits per heavy atom. The predicted molar refractivity (Wildman–Crippen MR) is 93.6 cm³/mol. The monoisotopic (exact) mass is 387 g/mol. The van der Waals surface area contributed by atoms with E-state index < -0.39 is 34.2 Å². The molecule has 0 spiro atoms. The Labute approximate surface area is 154 Å². The number of benzene rings is 2. The average Bonchev–Trinajstić information content (AvgIpc) is 2.69. The molecule has 0 bridgehead atoms. The number of nitrogens with zero attached hydrogens (tertiary/aromatic N) is 1. The number of Topliss-reactive ketones (excluding diaryl/α,β-unsaturated/α-hetero) is 1. The van der Waals surface area contributed by atoms with Crippen LogP contribution in [0.3, 0.4) is 0 Å². The summed E-state index contributed by atoms with van der Waals surface area (Å²) in [6, 6.07) is 9.39. The number of aromatic nitrogens is 1. The molecule has 2 heterocycles. The number of ketones is 1. The summed E-state index contributed by atoms with van der Waals surface area (Å²) in [5.74, 6) is -3.78. The van der Waals surface area contributed by atoms with Crippen LogP contribution in [0, 0.1) is 5.82 Å². The van der Waals surface area contributed by atoms with E-state index in [-0.39, 0.29) is 27.7 Å². The zero-order valence-electron chi connectivity index (χ0n) is 13.9. The van der Waals surface area contributed by atoms with E-state index in [1.54, 1.807) is 0 Å². The van der Waals surface area contributed by atoms with E-state index in [2.05, 4.69) is 4.98 Å². The van der Waals surface area contributed by atoms with Crippen LogP contribution in [0.4, 0.5) is 17.6 Å². The van der Waals surface area contributed by atoms with Crippen LogP contribution in [-0.4, -0.2) is 16.9 Å². The number of hydrogen-bond donors (Lipinski definition) is 0. The fourth-order valence-corrected chi connectivity index (χ4v) is 3.02. The molecule has 0 amide bonds.